The lowest BCUT2D eigenvalue weighted by Crippen LogP contribution is -2.41. The molecule has 1 aliphatic heterocycles. The van der Waals surface area contributed by atoms with E-state index in [1.54, 1.807) is 10.9 Å². The quantitative estimate of drug-likeness (QED) is 0.759. The maximum Gasteiger partial charge on any atom is 0.0973 e. The van der Waals surface area contributed by atoms with Gasteiger partial charge in [-0.05, 0) is 25.3 Å². The predicted molar refractivity (Wildman–Crippen MR) is 58.4 cm³/mol. The molecule has 0 aromatic carbocycles. The van der Waals surface area contributed by atoms with Crippen molar-refractivity contribution in [3.63, 3.8) is 0 Å². The first kappa shape index (κ1) is 10.6. The Bertz CT molecular complexity index is 323. The Balaban J connectivity index is 2.03. The van der Waals surface area contributed by atoms with E-state index in [0.29, 0.717) is 5.92 Å². The number of rotatable bonds is 2. The first-order valence-electron chi connectivity index (χ1n) is 5.57. The summed E-state index contributed by atoms with van der Waals surface area (Å²) in [5.41, 5.74) is 0.907. The molecule has 2 heterocycles. The van der Waals surface area contributed by atoms with Crippen LogP contribution in [0.5, 0.6) is 0 Å². The molecule has 0 radical (unpaired) electrons. The van der Waals surface area contributed by atoms with Crippen molar-refractivity contribution >= 4 is 0 Å². The Morgan fingerprint density at radius 1 is 1.67 bits per heavy atom. The SMILES string of the molecule is CC1CCNC(C(O)c2cnn(C)c2)C1. The molecule has 1 saturated heterocycles. The molecule has 3 atom stereocenters. The molecule has 4 nitrogen and oxygen atoms in total. The highest BCUT2D eigenvalue weighted by Gasteiger charge is 2.26. The molecular formula is C11H19N3O. The third-order valence-electron chi connectivity index (χ3n) is 3.15. The van der Waals surface area contributed by atoms with Crippen molar-refractivity contribution in [3.8, 4) is 0 Å². The van der Waals surface area contributed by atoms with Gasteiger partial charge in [0.05, 0.1) is 12.3 Å². The Morgan fingerprint density at radius 2 is 2.47 bits per heavy atom. The number of aryl methyl sites for hydroxylation is 1. The number of aliphatic hydroxyl groups excluding tert-OH is 1. The van der Waals surface area contributed by atoms with Crippen molar-refractivity contribution in [1.82, 2.24) is 15.1 Å². The number of hydrogen-bond acceptors (Lipinski definition) is 3. The molecule has 2 rings (SSSR count). The number of aromatic nitrogens is 2. The average Bonchev–Trinajstić information content (AvgIpc) is 2.64. The van der Waals surface area contributed by atoms with Gasteiger partial charge in [-0.15, -0.1) is 0 Å². The number of piperidine rings is 1. The predicted octanol–water partition coefficient (Wildman–Crippen LogP) is 0.842. The lowest BCUT2D eigenvalue weighted by molar-refractivity contribution is 0.101. The first-order chi connectivity index (χ1) is 7.16. The van der Waals surface area contributed by atoms with E-state index in [-0.39, 0.29) is 6.04 Å². The minimum absolute atomic E-state index is 0.179. The van der Waals surface area contributed by atoms with Crippen LogP contribution in [0.25, 0.3) is 0 Å². The van der Waals surface area contributed by atoms with Crippen molar-refractivity contribution in [2.75, 3.05) is 6.54 Å². The second-order valence-corrected chi connectivity index (χ2v) is 4.58. The van der Waals surface area contributed by atoms with Gasteiger partial charge in [-0.3, -0.25) is 4.68 Å². The van der Waals surface area contributed by atoms with Crippen LogP contribution in [0, 0.1) is 5.92 Å². The van der Waals surface area contributed by atoms with Crippen LogP contribution in [-0.4, -0.2) is 27.5 Å². The molecule has 2 N–H and O–H groups in total. The van der Waals surface area contributed by atoms with Gasteiger partial charge in [0.15, 0.2) is 0 Å². The monoisotopic (exact) mass is 209 g/mol. The number of hydrogen-bond donors (Lipinski definition) is 2. The van der Waals surface area contributed by atoms with Crippen LogP contribution in [0.2, 0.25) is 0 Å². The molecule has 1 fully saturated rings. The van der Waals surface area contributed by atoms with E-state index >= 15 is 0 Å². The first-order valence-corrected chi connectivity index (χ1v) is 5.57. The fourth-order valence-corrected chi connectivity index (χ4v) is 2.22. The van der Waals surface area contributed by atoms with Crippen molar-refractivity contribution in [2.45, 2.75) is 31.9 Å². The second-order valence-electron chi connectivity index (χ2n) is 4.58. The minimum atomic E-state index is -0.429. The molecule has 3 unspecified atom stereocenters. The zero-order valence-electron chi connectivity index (χ0n) is 9.35. The van der Waals surface area contributed by atoms with Crippen LogP contribution in [0.1, 0.15) is 31.4 Å². The molecule has 1 aliphatic rings. The fraction of sp³-hybridized carbons (Fsp3) is 0.727. The molecular weight excluding hydrogens is 190 g/mol. The van der Waals surface area contributed by atoms with Crippen LogP contribution in [0.15, 0.2) is 12.4 Å². The van der Waals surface area contributed by atoms with Gasteiger partial charge in [-0.2, -0.15) is 5.10 Å². The molecule has 4 heteroatoms. The van der Waals surface area contributed by atoms with Gasteiger partial charge in [0, 0.05) is 24.8 Å². The topological polar surface area (TPSA) is 50.1 Å². The van der Waals surface area contributed by atoms with Gasteiger partial charge in [0.1, 0.15) is 0 Å². The van der Waals surface area contributed by atoms with Crippen LogP contribution in [-0.2, 0) is 7.05 Å². The van der Waals surface area contributed by atoms with Gasteiger partial charge in [0.25, 0.3) is 0 Å². The largest absolute Gasteiger partial charge is 0.387 e. The van der Waals surface area contributed by atoms with Gasteiger partial charge < -0.3 is 10.4 Å². The minimum Gasteiger partial charge on any atom is -0.387 e. The van der Waals surface area contributed by atoms with Crippen molar-refractivity contribution in [3.05, 3.63) is 18.0 Å². The third-order valence-corrected chi connectivity index (χ3v) is 3.15. The highest BCUT2D eigenvalue weighted by molar-refractivity contribution is 5.11. The molecule has 0 aliphatic carbocycles. The molecule has 0 spiro atoms. The number of nitrogens with zero attached hydrogens (tertiary/aromatic N) is 2. The fourth-order valence-electron chi connectivity index (χ4n) is 2.22. The van der Waals surface area contributed by atoms with E-state index < -0.39 is 6.10 Å². The van der Waals surface area contributed by atoms with Crippen molar-refractivity contribution < 1.29 is 5.11 Å². The van der Waals surface area contributed by atoms with Crippen LogP contribution in [0.4, 0.5) is 0 Å². The molecule has 1 aromatic heterocycles. The van der Waals surface area contributed by atoms with Crippen LogP contribution >= 0.6 is 0 Å². The summed E-state index contributed by atoms with van der Waals surface area (Å²) in [6.07, 6.45) is 5.44. The summed E-state index contributed by atoms with van der Waals surface area (Å²) in [7, 11) is 1.87. The summed E-state index contributed by atoms with van der Waals surface area (Å²) >= 11 is 0. The van der Waals surface area contributed by atoms with Crippen LogP contribution in [0.3, 0.4) is 0 Å². The summed E-state index contributed by atoms with van der Waals surface area (Å²) in [6.45, 7) is 3.24. The number of aliphatic hydroxyl groups is 1. The summed E-state index contributed by atoms with van der Waals surface area (Å²) in [5.74, 6) is 0.697. The number of nitrogens with one attached hydrogen (secondary N) is 1. The smallest absolute Gasteiger partial charge is 0.0973 e. The van der Waals surface area contributed by atoms with Crippen LogP contribution < -0.4 is 5.32 Å². The Hall–Kier alpha value is -0.870. The molecule has 0 saturated carbocycles. The maximum absolute atomic E-state index is 10.2. The van der Waals surface area contributed by atoms with Gasteiger partial charge in [0.2, 0.25) is 0 Å². The van der Waals surface area contributed by atoms with Crippen molar-refractivity contribution in [1.29, 1.82) is 0 Å². The molecule has 84 valence electrons. The second kappa shape index (κ2) is 4.33. The van der Waals surface area contributed by atoms with E-state index in [1.165, 1.54) is 6.42 Å². The van der Waals surface area contributed by atoms with Gasteiger partial charge in [-0.25, -0.2) is 0 Å². The highest BCUT2D eigenvalue weighted by atomic mass is 16.3. The summed E-state index contributed by atoms with van der Waals surface area (Å²) in [5, 5.41) is 17.6. The average molecular weight is 209 g/mol. The lowest BCUT2D eigenvalue weighted by Gasteiger charge is -2.31. The Kier molecular flexibility index (Phi) is 3.07. The van der Waals surface area contributed by atoms with E-state index in [1.807, 2.05) is 13.2 Å². The Morgan fingerprint density at radius 3 is 3.07 bits per heavy atom. The summed E-state index contributed by atoms with van der Waals surface area (Å²) in [6, 6.07) is 0.179. The Labute approximate surface area is 90.3 Å². The highest BCUT2D eigenvalue weighted by Crippen LogP contribution is 2.25. The normalized spacial score (nSPS) is 29.0. The van der Waals surface area contributed by atoms with Gasteiger partial charge >= 0.3 is 0 Å². The molecule has 1 aromatic rings. The third kappa shape index (κ3) is 2.38. The van der Waals surface area contributed by atoms with Crippen molar-refractivity contribution in [2.24, 2.45) is 13.0 Å². The zero-order valence-corrected chi connectivity index (χ0v) is 9.35. The van der Waals surface area contributed by atoms with E-state index in [4.69, 9.17) is 0 Å². The molecule has 0 amide bonds. The zero-order chi connectivity index (χ0) is 10.8. The summed E-state index contributed by atoms with van der Waals surface area (Å²) in [4.78, 5) is 0. The van der Waals surface area contributed by atoms with Gasteiger partial charge in [-0.1, -0.05) is 6.92 Å². The summed E-state index contributed by atoms with van der Waals surface area (Å²) < 4.78 is 1.73. The standard InChI is InChI=1S/C11H19N3O/c1-8-3-4-12-10(5-8)11(15)9-6-13-14(2)7-9/h6-8,10-12,15H,3-5H2,1-2H3. The molecule has 0 bridgehead atoms. The van der Waals surface area contributed by atoms with E-state index in [2.05, 4.69) is 17.3 Å². The van der Waals surface area contributed by atoms with E-state index in [9.17, 15) is 5.11 Å². The van der Waals surface area contributed by atoms with E-state index in [0.717, 1.165) is 18.5 Å². The lowest BCUT2D eigenvalue weighted by atomic mass is 9.89. The maximum atomic E-state index is 10.2. The molecule has 15 heavy (non-hydrogen) atoms.